The van der Waals surface area contributed by atoms with E-state index < -0.39 is 0 Å². The third kappa shape index (κ3) is 3.57. The lowest BCUT2D eigenvalue weighted by Crippen LogP contribution is -2.26. The molecule has 4 aromatic rings. The van der Waals surface area contributed by atoms with E-state index in [0.717, 1.165) is 22.6 Å². The van der Waals surface area contributed by atoms with Gasteiger partial charge < -0.3 is 4.90 Å². The lowest BCUT2D eigenvalue weighted by molar-refractivity contribution is 0.0785. The lowest BCUT2D eigenvalue weighted by atomic mass is 10.1. The summed E-state index contributed by atoms with van der Waals surface area (Å²) in [6.45, 7) is 2.49. The Morgan fingerprint density at radius 1 is 0.964 bits per heavy atom. The van der Waals surface area contributed by atoms with E-state index in [2.05, 4.69) is 10.2 Å². The molecule has 0 aliphatic rings. The van der Waals surface area contributed by atoms with Crippen molar-refractivity contribution < 1.29 is 4.79 Å². The molecule has 0 saturated carbocycles. The smallest absolute Gasteiger partial charge is 0.253 e. The second-order valence-electron chi connectivity index (χ2n) is 6.72. The molecule has 0 radical (unpaired) electrons. The van der Waals surface area contributed by atoms with E-state index in [4.69, 9.17) is 0 Å². The Bertz CT molecular complexity index is 1080. The third-order valence-corrected chi connectivity index (χ3v) is 4.61. The molecule has 2 aromatic carbocycles. The maximum absolute atomic E-state index is 12.8. The molecule has 6 nitrogen and oxygen atoms in total. The normalized spacial score (nSPS) is 10.8. The van der Waals surface area contributed by atoms with Gasteiger partial charge in [-0.25, -0.2) is 9.36 Å². The Labute approximate surface area is 163 Å². The van der Waals surface area contributed by atoms with Gasteiger partial charge in [-0.2, -0.15) is 10.2 Å². The zero-order chi connectivity index (χ0) is 19.5. The molecule has 140 valence electrons. The summed E-state index contributed by atoms with van der Waals surface area (Å²) in [6.07, 6.45) is 5.50. The van der Waals surface area contributed by atoms with Crippen LogP contribution >= 0.6 is 0 Å². The minimum atomic E-state index is -0.0313. The molecular formula is C22H21N5O. The summed E-state index contributed by atoms with van der Waals surface area (Å²) in [7, 11) is 1.80. The molecule has 0 N–H and O–H groups in total. The molecular weight excluding hydrogens is 350 g/mol. The highest BCUT2D eigenvalue weighted by molar-refractivity contribution is 5.94. The third-order valence-electron chi connectivity index (χ3n) is 4.61. The second-order valence-corrected chi connectivity index (χ2v) is 6.72. The molecule has 4 rings (SSSR count). The highest BCUT2D eigenvalue weighted by Crippen LogP contribution is 2.14. The number of nitrogens with zero attached hydrogens (tertiary/aromatic N) is 5. The molecule has 0 fully saturated rings. The van der Waals surface area contributed by atoms with Gasteiger partial charge in [0.15, 0.2) is 0 Å². The zero-order valence-corrected chi connectivity index (χ0v) is 15.9. The van der Waals surface area contributed by atoms with Crippen molar-refractivity contribution in [2.24, 2.45) is 0 Å². The van der Waals surface area contributed by atoms with Gasteiger partial charge in [-0.05, 0) is 49.4 Å². The summed E-state index contributed by atoms with van der Waals surface area (Å²) in [4.78, 5) is 14.5. The van der Waals surface area contributed by atoms with Crippen LogP contribution < -0.4 is 0 Å². The molecule has 0 aliphatic heterocycles. The van der Waals surface area contributed by atoms with Gasteiger partial charge in [0, 0.05) is 42.8 Å². The fraction of sp³-hybridized carbons (Fsp3) is 0.136. The van der Waals surface area contributed by atoms with E-state index in [0.29, 0.717) is 12.1 Å². The van der Waals surface area contributed by atoms with Gasteiger partial charge in [-0.3, -0.25) is 4.79 Å². The lowest BCUT2D eigenvalue weighted by Gasteiger charge is -2.16. The van der Waals surface area contributed by atoms with Crippen LogP contribution in [0.5, 0.6) is 0 Å². The Morgan fingerprint density at radius 2 is 1.71 bits per heavy atom. The van der Waals surface area contributed by atoms with Crippen molar-refractivity contribution >= 4 is 5.91 Å². The number of aryl methyl sites for hydroxylation is 1. The highest BCUT2D eigenvalue weighted by atomic mass is 16.2. The van der Waals surface area contributed by atoms with E-state index in [1.165, 1.54) is 0 Å². The molecule has 6 heteroatoms. The molecule has 0 bridgehead atoms. The van der Waals surface area contributed by atoms with Crippen molar-refractivity contribution in [2.75, 3.05) is 7.05 Å². The van der Waals surface area contributed by atoms with Crippen LogP contribution in [0.2, 0.25) is 0 Å². The van der Waals surface area contributed by atoms with Gasteiger partial charge in [0.25, 0.3) is 5.91 Å². The quantitative estimate of drug-likeness (QED) is 0.538. The summed E-state index contributed by atoms with van der Waals surface area (Å²) in [5, 5.41) is 8.68. The number of amides is 1. The van der Waals surface area contributed by atoms with E-state index >= 15 is 0 Å². The molecule has 0 unspecified atom stereocenters. The maximum atomic E-state index is 12.8. The fourth-order valence-electron chi connectivity index (χ4n) is 3.11. The number of hydrogen-bond donors (Lipinski definition) is 0. The molecule has 28 heavy (non-hydrogen) atoms. The Morgan fingerprint density at radius 3 is 2.39 bits per heavy atom. The second kappa shape index (κ2) is 7.52. The summed E-state index contributed by atoms with van der Waals surface area (Å²) < 4.78 is 3.66. The van der Waals surface area contributed by atoms with E-state index in [-0.39, 0.29) is 5.91 Å². The Balaban J connectivity index is 1.45. The Kier molecular flexibility index (Phi) is 4.76. The van der Waals surface area contributed by atoms with Crippen molar-refractivity contribution in [3.8, 4) is 11.4 Å². The van der Waals surface area contributed by atoms with E-state index in [9.17, 15) is 4.79 Å². The van der Waals surface area contributed by atoms with Gasteiger partial charge >= 0.3 is 0 Å². The summed E-state index contributed by atoms with van der Waals surface area (Å²) >= 11 is 0. The molecule has 1 amide bonds. The highest BCUT2D eigenvalue weighted by Gasteiger charge is 2.13. The summed E-state index contributed by atoms with van der Waals surface area (Å²) in [5.41, 5.74) is 4.60. The van der Waals surface area contributed by atoms with Crippen LogP contribution in [0.1, 0.15) is 21.6 Å². The first-order valence-electron chi connectivity index (χ1n) is 9.07. The SMILES string of the molecule is Cc1ccnn1-c1ccc(C(=O)N(C)Cc2cnn(-c3ccccc3)c2)cc1. The predicted molar refractivity (Wildman–Crippen MR) is 108 cm³/mol. The number of benzene rings is 2. The van der Waals surface area contributed by atoms with Gasteiger partial charge in [0.1, 0.15) is 0 Å². The zero-order valence-electron chi connectivity index (χ0n) is 15.9. The van der Waals surface area contributed by atoms with Crippen LogP contribution in [0.25, 0.3) is 11.4 Å². The number of hydrogen-bond acceptors (Lipinski definition) is 3. The number of rotatable bonds is 5. The first kappa shape index (κ1) is 17.7. The van der Waals surface area contributed by atoms with Crippen LogP contribution in [-0.2, 0) is 6.54 Å². The van der Waals surface area contributed by atoms with Gasteiger partial charge in [-0.1, -0.05) is 18.2 Å². The standard InChI is InChI=1S/C22H21N5O/c1-17-12-13-23-27(17)21-10-8-19(9-11-21)22(28)25(2)15-18-14-24-26(16-18)20-6-4-3-5-7-20/h3-14,16H,15H2,1-2H3. The molecule has 2 aromatic heterocycles. The number of carbonyl (C=O) groups excluding carboxylic acids is 1. The monoisotopic (exact) mass is 371 g/mol. The minimum Gasteiger partial charge on any atom is -0.337 e. The molecule has 0 aliphatic carbocycles. The van der Waals surface area contributed by atoms with Crippen LogP contribution in [0.15, 0.2) is 79.3 Å². The van der Waals surface area contributed by atoms with Crippen LogP contribution in [-0.4, -0.2) is 37.4 Å². The van der Waals surface area contributed by atoms with Crippen LogP contribution in [0.3, 0.4) is 0 Å². The van der Waals surface area contributed by atoms with Gasteiger partial charge in [0.2, 0.25) is 0 Å². The average Bonchev–Trinajstić information content (AvgIpc) is 3.37. The van der Waals surface area contributed by atoms with Crippen molar-refractivity contribution in [1.82, 2.24) is 24.5 Å². The minimum absolute atomic E-state index is 0.0313. The first-order valence-corrected chi connectivity index (χ1v) is 9.07. The summed E-state index contributed by atoms with van der Waals surface area (Å²) in [6, 6.07) is 19.3. The van der Waals surface area contributed by atoms with Gasteiger partial charge in [-0.15, -0.1) is 0 Å². The number of para-hydroxylation sites is 1. The molecule has 0 atom stereocenters. The average molecular weight is 371 g/mol. The molecule has 0 spiro atoms. The fourth-order valence-corrected chi connectivity index (χ4v) is 3.11. The van der Waals surface area contributed by atoms with Crippen molar-refractivity contribution in [2.45, 2.75) is 13.5 Å². The first-order chi connectivity index (χ1) is 13.6. The van der Waals surface area contributed by atoms with Crippen LogP contribution in [0, 0.1) is 6.92 Å². The Hall–Kier alpha value is -3.67. The van der Waals surface area contributed by atoms with Crippen LogP contribution in [0.4, 0.5) is 0 Å². The number of aromatic nitrogens is 4. The topological polar surface area (TPSA) is 56.0 Å². The largest absolute Gasteiger partial charge is 0.337 e. The maximum Gasteiger partial charge on any atom is 0.253 e. The predicted octanol–water partition coefficient (Wildman–Crippen LogP) is 3.64. The van der Waals surface area contributed by atoms with Gasteiger partial charge in [0.05, 0.1) is 17.6 Å². The molecule has 0 saturated heterocycles. The number of carbonyl (C=O) groups is 1. The summed E-state index contributed by atoms with van der Waals surface area (Å²) in [5.74, 6) is -0.0313. The van der Waals surface area contributed by atoms with E-state index in [1.54, 1.807) is 24.3 Å². The van der Waals surface area contributed by atoms with E-state index in [1.807, 2.05) is 83.1 Å². The van der Waals surface area contributed by atoms with Crippen molar-refractivity contribution in [3.63, 3.8) is 0 Å². The molecule has 2 heterocycles. The van der Waals surface area contributed by atoms with Crippen molar-refractivity contribution in [1.29, 1.82) is 0 Å². The van der Waals surface area contributed by atoms with Crippen molar-refractivity contribution in [3.05, 3.63) is 96.1 Å².